The number of carbonyl (C=O) groups is 1. The molecule has 0 bridgehead atoms. The van der Waals surface area contributed by atoms with Crippen LogP contribution >= 0.6 is 0 Å². The van der Waals surface area contributed by atoms with E-state index in [9.17, 15) is 4.79 Å². The monoisotopic (exact) mass is 263 g/mol. The second-order valence-corrected chi connectivity index (χ2v) is 4.84. The summed E-state index contributed by atoms with van der Waals surface area (Å²) in [7, 11) is 1.69. The van der Waals surface area contributed by atoms with Crippen molar-refractivity contribution in [3.63, 3.8) is 0 Å². The quantitative estimate of drug-likeness (QED) is 0.538. The number of nitrogens with one attached hydrogen (secondary N) is 2. The van der Waals surface area contributed by atoms with Crippen molar-refractivity contribution in [3.05, 3.63) is 23.9 Å². The molecule has 1 aliphatic rings. The Labute approximate surface area is 113 Å². The normalized spacial score (nSPS) is 20.0. The number of piperidine rings is 1. The molecule has 2 heterocycles. The van der Waals surface area contributed by atoms with E-state index in [4.69, 9.17) is 5.84 Å². The first-order valence-corrected chi connectivity index (χ1v) is 6.59. The first-order chi connectivity index (χ1) is 9.24. The lowest BCUT2D eigenvalue weighted by molar-refractivity contribution is -0.126. The first-order valence-electron chi connectivity index (χ1n) is 6.59. The Hall–Kier alpha value is -1.66. The van der Waals surface area contributed by atoms with Crippen LogP contribution in [0.1, 0.15) is 18.4 Å². The lowest BCUT2D eigenvalue weighted by Gasteiger charge is -2.32. The van der Waals surface area contributed by atoms with Gasteiger partial charge in [-0.1, -0.05) is 6.07 Å². The van der Waals surface area contributed by atoms with Crippen LogP contribution in [-0.4, -0.2) is 35.9 Å². The number of pyridine rings is 1. The Morgan fingerprint density at radius 2 is 2.47 bits per heavy atom. The van der Waals surface area contributed by atoms with E-state index < -0.39 is 0 Å². The van der Waals surface area contributed by atoms with Crippen LogP contribution in [0.3, 0.4) is 0 Å². The number of nitrogens with two attached hydrogens (primary N) is 1. The Morgan fingerprint density at radius 3 is 3.21 bits per heavy atom. The summed E-state index contributed by atoms with van der Waals surface area (Å²) in [5.41, 5.74) is 3.67. The molecule has 1 saturated heterocycles. The van der Waals surface area contributed by atoms with Crippen LogP contribution in [-0.2, 0) is 11.3 Å². The van der Waals surface area contributed by atoms with E-state index in [1.807, 2.05) is 12.1 Å². The number of likely N-dealkylation sites (tertiary alicyclic amines) is 1. The van der Waals surface area contributed by atoms with Crippen LogP contribution < -0.4 is 16.6 Å². The molecule has 4 N–H and O–H groups in total. The predicted octanol–water partition coefficient (Wildman–Crippen LogP) is 0.325. The summed E-state index contributed by atoms with van der Waals surface area (Å²) in [6.07, 6.45) is 3.72. The summed E-state index contributed by atoms with van der Waals surface area (Å²) in [6.45, 7) is 2.56. The maximum atomic E-state index is 11.7. The fraction of sp³-hybridized carbons (Fsp3) is 0.538. The SMILES string of the molecule is CNC(=O)C1CCCN(Cc2cccnc2NN)C1. The summed E-state index contributed by atoms with van der Waals surface area (Å²) in [5.74, 6) is 6.38. The molecule has 1 unspecified atom stereocenters. The molecular formula is C13H21N5O. The Balaban J connectivity index is 2.00. The van der Waals surface area contributed by atoms with Gasteiger partial charge in [-0.15, -0.1) is 0 Å². The van der Waals surface area contributed by atoms with E-state index in [0.29, 0.717) is 5.82 Å². The van der Waals surface area contributed by atoms with E-state index in [1.165, 1.54) is 0 Å². The maximum absolute atomic E-state index is 11.7. The molecule has 2 rings (SSSR count). The van der Waals surface area contributed by atoms with Crippen LogP contribution in [0.4, 0.5) is 5.82 Å². The number of nitrogen functional groups attached to an aromatic ring is 1. The van der Waals surface area contributed by atoms with Crippen LogP contribution in [0.5, 0.6) is 0 Å². The number of amides is 1. The number of hydrazine groups is 1. The third-order valence-electron chi connectivity index (χ3n) is 3.54. The average Bonchev–Trinajstić information content (AvgIpc) is 2.47. The highest BCUT2D eigenvalue weighted by atomic mass is 16.1. The molecule has 1 atom stereocenters. The summed E-state index contributed by atoms with van der Waals surface area (Å²) in [5, 5.41) is 2.73. The van der Waals surface area contributed by atoms with Crippen molar-refractivity contribution < 1.29 is 4.79 Å². The molecule has 0 aliphatic carbocycles. The second-order valence-electron chi connectivity index (χ2n) is 4.84. The first kappa shape index (κ1) is 13.8. The van der Waals surface area contributed by atoms with Crippen molar-refractivity contribution in [2.45, 2.75) is 19.4 Å². The molecule has 19 heavy (non-hydrogen) atoms. The molecule has 1 aromatic rings. The van der Waals surface area contributed by atoms with Crippen LogP contribution in [0.2, 0.25) is 0 Å². The van der Waals surface area contributed by atoms with Crippen LogP contribution in [0.15, 0.2) is 18.3 Å². The van der Waals surface area contributed by atoms with Gasteiger partial charge in [0.15, 0.2) is 0 Å². The zero-order valence-electron chi connectivity index (χ0n) is 11.2. The maximum Gasteiger partial charge on any atom is 0.224 e. The van der Waals surface area contributed by atoms with Crippen LogP contribution in [0, 0.1) is 5.92 Å². The van der Waals surface area contributed by atoms with Gasteiger partial charge in [-0.05, 0) is 25.5 Å². The van der Waals surface area contributed by atoms with Crippen molar-refractivity contribution in [3.8, 4) is 0 Å². The van der Waals surface area contributed by atoms with Gasteiger partial charge in [-0.3, -0.25) is 9.69 Å². The van der Waals surface area contributed by atoms with E-state index in [2.05, 4.69) is 20.6 Å². The largest absolute Gasteiger partial charge is 0.359 e. The lowest BCUT2D eigenvalue weighted by Crippen LogP contribution is -2.41. The fourth-order valence-electron chi connectivity index (χ4n) is 2.55. The van der Waals surface area contributed by atoms with Gasteiger partial charge in [0.1, 0.15) is 5.82 Å². The molecule has 104 valence electrons. The van der Waals surface area contributed by atoms with Crippen molar-refractivity contribution in [2.75, 3.05) is 25.6 Å². The topological polar surface area (TPSA) is 83.3 Å². The van der Waals surface area contributed by atoms with Crippen molar-refractivity contribution in [1.29, 1.82) is 0 Å². The molecule has 1 aromatic heterocycles. The molecule has 0 radical (unpaired) electrons. The van der Waals surface area contributed by atoms with E-state index in [1.54, 1.807) is 13.2 Å². The van der Waals surface area contributed by atoms with Gasteiger partial charge >= 0.3 is 0 Å². The van der Waals surface area contributed by atoms with Gasteiger partial charge in [0.05, 0.1) is 5.92 Å². The van der Waals surface area contributed by atoms with Crippen molar-refractivity contribution in [1.82, 2.24) is 15.2 Å². The minimum atomic E-state index is 0.0877. The molecule has 0 aromatic carbocycles. The molecule has 0 spiro atoms. The number of anilines is 1. The van der Waals surface area contributed by atoms with Crippen molar-refractivity contribution >= 4 is 11.7 Å². The number of carbonyl (C=O) groups excluding carboxylic acids is 1. The summed E-state index contributed by atoms with van der Waals surface area (Å²) in [6, 6.07) is 3.90. The third-order valence-corrected chi connectivity index (χ3v) is 3.54. The molecule has 0 saturated carbocycles. The van der Waals surface area contributed by atoms with Gasteiger partial charge in [0, 0.05) is 31.9 Å². The third kappa shape index (κ3) is 3.42. The zero-order valence-corrected chi connectivity index (χ0v) is 11.2. The molecule has 6 heteroatoms. The smallest absolute Gasteiger partial charge is 0.224 e. The highest BCUT2D eigenvalue weighted by Crippen LogP contribution is 2.20. The standard InChI is InChI=1S/C13H21N5O/c1-15-13(19)11-5-3-7-18(9-11)8-10-4-2-6-16-12(10)17-14/h2,4,6,11H,3,5,7-9,14H2,1H3,(H,15,19)(H,16,17). The Bertz CT molecular complexity index is 437. The average molecular weight is 263 g/mol. The fourth-order valence-corrected chi connectivity index (χ4v) is 2.55. The number of hydrogen-bond donors (Lipinski definition) is 3. The number of nitrogens with zero attached hydrogens (tertiary/aromatic N) is 2. The number of aromatic nitrogens is 1. The molecule has 1 fully saturated rings. The molecule has 1 amide bonds. The van der Waals surface area contributed by atoms with Gasteiger partial charge in [-0.2, -0.15) is 0 Å². The van der Waals surface area contributed by atoms with E-state index in [0.717, 1.165) is 38.0 Å². The highest BCUT2D eigenvalue weighted by molar-refractivity contribution is 5.78. The minimum Gasteiger partial charge on any atom is -0.359 e. The lowest BCUT2D eigenvalue weighted by atomic mass is 9.97. The van der Waals surface area contributed by atoms with Crippen LogP contribution in [0.25, 0.3) is 0 Å². The van der Waals surface area contributed by atoms with E-state index in [-0.39, 0.29) is 11.8 Å². The molecular weight excluding hydrogens is 242 g/mol. The van der Waals surface area contributed by atoms with Gasteiger partial charge in [0.2, 0.25) is 5.91 Å². The predicted molar refractivity (Wildman–Crippen MR) is 74.1 cm³/mol. The summed E-state index contributed by atoms with van der Waals surface area (Å²) >= 11 is 0. The molecule has 6 nitrogen and oxygen atoms in total. The summed E-state index contributed by atoms with van der Waals surface area (Å²) in [4.78, 5) is 18.2. The van der Waals surface area contributed by atoms with Gasteiger partial charge in [0.25, 0.3) is 0 Å². The van der Waals surface area contributed by atoms with Gasteiger partial charge in [-0.25, -0.2) is 10.8 Å². The number of hydrogen-bond acceptors (Lipinski definition) is 5. The van der Waals surface area contributed by atoms with Gasteiger partial charge < -0.3 is 10.7 Å². The zero-order chi connectivity index (χ0) is 13.7. The highest BCUT2D eigenvalue weighted by Gasteiger charge is 2.25. The second kappa shape index (κ2) is 6.49. The van der Waals surface area contributed by atoms with Crippen molar-refractivity contribution in [2.24, 2.45) is 11.8 Å². The molecule has 1 aliphatic heterocycles. The Morgan fingerprint density at radius 1 is 1.63 bits per heavy atom. The number of rotatable bonds is 4. The summed E-state index contributed by atoms with van der Waals surface area (Å²) < 4.78 is 0. The minimum absolute atomic E-state index is 0.0877. The van der Waals surface area contributed by atoms with E-state index >= 15 is 0 Å². The Kier molecular flexibility index (Phi) is 4.70.